The van der Waals surface area contributed by atoms with Crippen LogP contribution in [0.4, 0.5) is 0 Å². The van der Waals surface area contributed by atoms with E-state index in [0.29, 0.717) is 6.04 Å². The van der Waals surface area contributed by atoms with Crippen LogP contribution in [-0.2, 0) is 4.74 Å². The first-order valence-corrected chi connectivity index (χ1v) is 5.48. The Morgan fingerprint density at radius 1 is 1.50 bits per heavy atom. The minimum Gasteiger partial charge on any atom is -0.384 e. The summed E-state index contributed by atoms with van der Waals surface area (Å²) in [5.41, 5.74) is 0.270. The third-order valence-electron chi connectivity index (χ3n) is 2.64. The molecule has 0 spiro atoms. The van der Waals surface area contributed by atoms with E-state index in [4.69, 9.17) is 4.74 Å². The minimum absolute atomic E-state index is 0.270. The number of methoxy groups -OCH3 is 1. The molecule has 0 aliphatic carbocycles. The summed E-state index contributed by atoms with van der Waals surface area (Å²) in [5.74, 6) is 0. The van der Waals surface area contributed by atoms with Crippen LogP contribution in [0.3, 0.4) is 0 Å². The van der Waals surface area contributed by atoms with E-state index >= 15 is 0 Å². The molecule has 1 rings (SSSR count). The molecule has 1 N–H and O–H groups in total. The van der Waals surface area contributed by atoms with Gasteiger partial charge in [0, 0.05) is 44.7 Å². The van der Waals surface area contributed by atoms with Crippen molar-refractivity contribution in [1.82, 2.24) is 10.2 Å². The molecule has 84 valence electrons. The number of ether oxygens (including phenoxy) is 1. The van der Waals surface area contributed by atoms with Gasteiger partial charge >= 0.3 is 0 Å². The lowest BCUT2D eigenvalue weighted by molar-refractivity contribution is 0.0605. The van der Waals surface area contributed by atoms with E-state index in [2.05, 4.69) is 31.0 Å². The molecule has 0 unspecified atom stereocenters. The summed E-state index contributed by atoms with van der Waals surface area (Å²) in [4.78, 5) is 2.53. The van der Waals surface area contributed by atoms with Crippen LogP contribution < -0.4 is 5.32 Å². The molecule has 14 heavy (non-hydrogen) atoms. The first-order valence-electron chi connectivity index (χ1n) is 5.48. The molecule has 1 saturated heterocycles. The third kappa shape index (κ3) is 3.95. The van der Waals surface area contributed by atoms with Crippen molar-refractivity contribution in [3.63, 3.8) is 0 Å². The second-order valence-corrected chi connectivity index (χ2v) is 5.19. The Balaban J connectivity index is 2.34. The topological polar surface area (TPSA) is 24.5 Å². The molecule has 0 radical (unpaired) electrons. The number of hydrogen-bond acceptors (Lipinski definition) is 3. The normalized spacial score (nSPS) is 25.3. The van der Waals surface area contributed by atoms with E-state index in [9.17, 15) is 0 Å². The lowest BCUT2D eigenvalue weighted by atomic mass is 9.93. The van der Waals surface area contributed by atoms with Crippen molar-refractivity contribution in [3.05, 3.63) is 0 Å². The maximum absolute atomic E-state index is 5.23. The maximum atomic E-state index is 5.23. The molecule has 1 aliphatic heterocycles. The number of nitrogens with one attached hydrogen (secondary N) is 1. The number of piperazine rings is 1. The van der Waals surface area contributed by atoms with Gasteiger partial charge in [0.15, 0.2) is 0 Å². The van der Waals surface area contributed by atoms with Crippen LogP contribution in [0, 0.1) is 5.41 Å². The molecule has 1 atom stereocenters. The van der Waals surface area contributed by atoms with Crippen LogP contribution >= 0.6 is 0 Å². The van der Waals surface area contributed by atoms with E-state index in [1.165, 1.54) is 0 Å². The van der Waals surface area contributed by atoms with E-state index in [-0.39, 0.29) is 5.41 Å². The molecule has 0 aromatic rings. The maximum Gasteiger partial charge on any atom is 0.0525 e. The molecule has 1 aliphatic rings. The zero-order valence-electron chi connectivity index (χ0n) is 9.97. The van der Waals surface area contributed by atoms with Gasteiger partial charge in [-0.2, -0.15) is 0 Å². The summed E-state index contributed by atoms with van der Waals surface area (Å²) >= 11 is 0. The summed E-state index contributed by atoms with van der Waals surface area (Å²) in [6, 6.07) is 0.627. The monoisotopic (exact) mass is 200 g/mol. The standard InChI is InChI=1S/C11H24N2O/c1-10-7-13(6-5-12-10)8-11(2,3)9-14-4/h10,12H,5-9H2,1-4H3/t10-/m1/s1. The van der Waals surface area contributed by atoms with Crippen molar-refractivity contribution < 1.29 is 4.74 Å². The van der Waals surface area contributed by atoms with Gasteiger partial charge in [0.2, 0.25) is 0 Å². The van der Waals surface area contributed by atoms with Crippen molar-refractivity contribution in [2.45, 2.75) is 26.8 Å². The fraction of sp³-hybridized carbons (Fsp3) is 1.00. The first-order chi connectivity index (χ1) is 6.53. The number of nitrogens with zero attached hydrogens (tertiary/aromatic N) is 1. The van der Waals surface area contributed by atoms with Crippen molar-refractivity contribution in [1.29, 1.82) is 0 Å². The van der Waals surface area contributed by atoms with Crippen molar-refractivity contribution >= 4 is 0 Å². The van der Waals surface area contributed by atoms with E-state index in [1.807, 2.05) is 0 Å². The summed E-state index contributed by atoms with van der Waals surface area (Å²) < 4.78 is 5.23. The highest BCUT2D eigenvalue weighted by Gasteiger charge is 2.24. The van der Waals surface area contributed by atoms with Crippen LogP contribution in [0.25, 0.3) is 0 Å². The van der Waals surface area contributed by atoms with Gasteiger partial charge in [0.25, 0.3) is 0 Å². The van der Waals surface area contributed by atoms with Crippen molar-refractivity contribution in [2.24, 2.45) is 5.41 Å². The molecule has 3 heteroatoms. The SMILES string of the molecule is COCC(C)(C)CN1CCN[C@H](C)C1. The summed E-state index contributed by atoms with van der Waals surface area (Å²) in [7, 11) is 1.78. The lowest BCUT2D eigenvalue weighted by Gasteiger charge is -2.37. The Morgan fingerprint density at radius 3 is 2.79 bits per heavy atom. The molecule has 0 bridgehead atoms. The molecule has 0 aromatic carbocycles. The molecule has 0 amide bonds. The predicted octanol–water partition coefficient (Wildman–Crippen LogP) is 0.953. The van der Waals surface area contributed by atoms with Gasteiger partial charge < -0.3 is 10.1 Å². The van der Waals surface area contributed by atoms with Crippen LogP contribution in [0.15, 0.2) is 0 Å². The predicted molar refractivity (Wildman–Crippen MR) is 59.6 cm³/mol. The van der Waals surface area contributed by atoms with Crippen LogP contribution in [0.1, 0.15) is 20.8 Å². The average molecular weight is 200 g/mol. The molecule has 0 aromatic heterocycles. The van der Waals surface area contributed by atoms with Gasteiger partial charge in [-0.05, 0) is 6.92 Å². The molecule has 0 saturated carbocycles. The van der Waals surface area contributed by atoms with E-state index in [1.54, 1.807) is 7.11 Å². The first kappa shape index (κ1) is 12.0. The van der Waals surface area contributed by atoms with Gasteiger partial charge in [0.05, 0.1) is 6.61 Å². The minimum atomic E-state index is 0.270. The highest BCUT2D eigenvalue weighted by Crippen LogP contribution is 2.17. The van der Waals surface area contributed by atoms with E-state index in [0.717, 1.165) is 32.8 Å². The number of hydrogen-bond donors (Lipinski definition) is 1. The Labute approximate surface area is 87.8 Å². The zero-order chi connectivity index (χ0) is 10.6. The fourth-order valence-electron chi connectivity index (χ4n) is 2.20. The van der Waals surface area contributed by atoms with Crippen molar-refractivity contribution in [2.75, 3.05) is 39.9 Å². The zero-order valence-corrected chi connectivity index (χ0v) is 9.97. The largest absolute Gasteiger partial charge is 0.384 e. The Kier molecular flexibility index (Phi) is 4.35. The number of rotatable bonds is 4. The van der Waals surface area contributed by atoms with Gasteiger partial charge in [-0.1, -0.05) is 13.8 Å². The fourth-order valence-corrected chi connectivity index (χ4v) is 2.20. The Morgan fingerprint density at radius 2 is 2.21 bits per heavy atom. The Bertz CT molecular complexity index is 171. The van der Waals surface area contributed by atoms with Gasteiger partial charge in [0.1, 0.15) is 0 Å². The van der Waals surface area contributed by atoms with Gasteiger partial charge in [-0.15, -0.1) is 0 Å². The molecule has 1 heterocycles. The average Bonchev–Trinajstić information content (AvgIpc) is 2.02. The summed E-state index contributed by atoms with van der Waals surface area (Å²) in [5, 5.41) is 3.46. The highest BCUT2D eigenvalue weighted by molar-refractivity contribution is 4.80. The second kappa shape index (κ2) is 5.10. The van der Waals surface area contributed by atoms with Crippen LogP contribution in [-0.4, -0.2) is 50.8 Å². The third-order valence-corrected chi connectivity index (χ3v) is 2.64. The van der Waals surface area contributed by atoms with Gasteiger partial charge in [-0.3, -0.25) is 4.90 Å². The van der Waals surface area contributed by atoms with E-state index < -0.39 is 0 Å². The quantitative estimate of drug-likeness (QED) is 0.731. The summed E-state index contributed by atoms with van der Waals surface area (Å²) in [6.45, 7) is 12.2. The van der Waals surface area contributed by atoms with Crippen LogP contribution in [0.5, 0.6) is 0 Å². The molecule has 3 nitrogen and oxygen atoms in total. The highest BCUT2D eigenvalue weighted by atomic mass is 16.5. The van der Waals surface area contributed by atoms with Crippen molar-refractivity contribution in [3.8, 4) is 0 Å². The summed E-state index contributed by atoms with van der Waals surface area (Å²) in [6.07, 6.45) is 0. The Hall–Kier alpha value is -0.120. The molecule has 1 fully saturated rings. The van der Waals surface area contributed by atoms with Crippen LogP contribution in [0.2, 0.25) is 0 Å². The lowest BCUT2D eigenvalue weighted by Crippen LogP contribution is -2.52. The van der Waals surface area contributed by atoms with Gasteiger partial charge in [-0.25, -0.2) is 0 Å². The molecular formula is C11H24N2O. The second-order valence-electron chi connectivity index (χ2n) is 5.19. The molecular weight excluding hydrogens is 176 g/mol. The smallest absolute Gasteiger partial charge is 0.0525 e.